The molecule has 0 aromatic heterocycles. The molecular weight excluding hydrogens is 853 g/mol. The number of unbranched alkanes of at least 4 members (excludes halogenated alkanes) is 30. The smallest absolute Gasteiger partial charge is 0.306 e. The van der Waals surface area contributed by atoms with Crippen LogP contribution < -0.4 is 0 Å². The Kier molecular flexibility index (Phi) is 54.3. The first kappa shape index (κ1) is 65.6. The van der Waals surface area contributed by atoms with Crippen molar-refractivity contribution in [1.29, 1.82) is 0 Å². The Morgan fingerprint density at radius 2 is 0.638 bits per heavy atom. The summed E-state index contributed by atoms with van der Waals surface area (Å²) < 4.78 is 16.8. The van der Waals surface area contributed by atoms with Gasteiger partial charge in [0.2, 0.25) is 0 Å². The van der Waals surface area contributed by atoms with Crippen LogP contribution in [0.15, 0.2) is 85.1 Å². The van der Waals surface area contributed by atoms with E-state index in [-0.39, 0.29) is 31.1 Å². The van der Waals surface area contributed by atoms with Gasteiger partial charge in [0.25, 0.3) is 0 Å². The van der Waals surface area contributed by atoms with Crippen molar-refractivity contribution in [3.05, 3.63) is 85.1 Å². The molecular formula is C63H108O6. The van der Waals surface area contributed by atoms with Gasteiger partial charge in [0.05, 0.1) is 0 Å². The van der Waals surface area contributed by atoms with Crippen LogP contribution in [0.2, 0.25) is 0 Å². The molecule has 0 aliphatic heterocycles. The predicted octanol–water partition coefficient (Wildman–Crippen LogP) is 19.5. The lowest BCUT2D eigenvalue weighted by Crippen LogP contribution is -2.30. The topological polar surface area (TPSA) is 78.9 Å². The molecule has 1 atom stereocenters. The van der Waals surface area contributed by atoms with Crippen molar-refractivity contribution in [2.24, 2.45) is 0 Å². The molecule has 0 aliphatic rings. The number of allylic oxidation sites excluding steroid dienone is 14. The van der Waals surface area contributed by atoms with Crippen molar-refractivity contribution < 1.29 is 28.6 Å². The molecule has 396 valence electrons. The molecule has 69 heavy (non-hydrogen) atoms. The van der Waals surface area contributed by atoms with Gasteiger partial charge in [-0.1, -0.05) is 273 Å². The van der Waals surface area contributed by atoms with Crippen molar-refractivity contribution in [3.63, 3.8) is 0 Å². The normalized spacial score (nSPS) is 12.7. The van der Waals surface area contributed by atoms with E-state index in [1.807, 2.05) is 30.4 Å². The molecule has 0 radical (unpaired) electrons. The maximum atomic E-state index is 12.9. The third kappa shape index (κ3) is 55.4. The summed E-state index contributed by atoms with van der Waals surface area (Å²) in [4.78, 5) is 38.2. The third-order valence-electron chi connectivity index (χ3n) is 12.5. The summed E-state index contributed by atoms with van der Waals surface area (Å²) in [5.74, 6) is -0.927. The van der Waals surface area contributed by atoms with Gasteiger partial charge in [-0.05, 0) is 70.6 Å². The third-order valence-corrected chi connectivity index (χ3v) is 12.5. The second-order valence-electron chi connectivity index (χ2n) is 19.2. The van der Waals surface area contributed by atoms with E-state index in [0.717, 1.165) is 89.9 Å². The van der Waals surface area contributed by atoms with E-state index >= 15 is 0 Å². The standard InChI is InChI=1S/C63H108O6/c1-4-7-10-13-16-19-22-25-27-29-31-33-35-38-41-44-47-50-53-56-62(65)68-59-60(58-67-61(64)55-52-49-46-43-40-37-24-21-18-15-12-9-6-3)69-63(66)57-54-51-48-45-42-39-36-34-32-30-28-26-23-20-17-14-11-8-5-2/h7,9-10,12,15-16,18-19,21,24-25,27,37,40,60H,4-6,8,11,13-14,17,20,22-23,26,28-36,38-39,41-59H2,1-3H3/b10-7+,12-9+,18-15+,19-16+,24-21+,27-25+,40-37+. The average Bonchev–Trinajstić information content (AvgIpc) is 3.35. The van der Waals surface area contributed by atoms with Crippen LogP contribution in [0.25, 0.3) is 0 Å². The van der Waals surface area contributed by atoms with Gasteiger partial charge >= 0.3 is 17.9 Å². The number of hydrogen-bond donors (Lipinski definition) is 0. The van der Waals surface area contributed by atoms with Crippen LogP contribution in [0.3, 0.4) is 0 Å². The fourth-order valence-electron chi connectivity index (χ4n) is 8.17. The lowest BCUT2D eigenvalue weighted by Gasteiger charge is -2.18. The predicted molar refractivity (Wildman–Crippen MR) is 297 cm³/mol. The highest BCUT2D eigenvalue weighted by Crippen LogP contribution is 2.16. The Hall–Kier alpha value is -3.41. The average molecular weight is 962 g/mol. The first-order valence-corrected chi connectivity index (χ1v) is 29.1. The summed E-state index contributed by atoms with van der Waals surface area (Å²) in [6.45, 7) is 6.38. The summed E-state index contributed by atoms with van der Waals surface area (Å²) in [6.07, 6.45) is 74.4. The minimum atomic E-state index is -0.794. The number of ether oxygens (including phenoxy) is 3. The van der Waals surface area contributed by atoms with E-state index in [4.69, 9.17) is 14.2 Å². The molecule has 0 saturated carbocycles. The molecule has 1 unspecified atom stereocenters. The molecule has 0 aromatic carbocycles. The van der Waals surface area contributed by atoms with Crippen molar-refractivity contribution >= 4 is 17.9 Å². The van der Waals surface area contributed by atoms with Crippen LogP contribution in [0.4, 0.5) is 0 Å². The molecule has 0 fully saturated rings. The second kappa shape index (κ2) is 57.2. The maximum Gasteiger partial charge on any atom is 0.306 e. The van der Waals surface area contributed by atoms with Gasteiger partial charge in [-0.2, -0.15) is 0 Å². The summed E-state index contributed by atoms with van der Waals surface area (Å²) in [5, 5.41) is 0. The van der Waals surface area contributed by atoms with Crippen molar-refractivity contribution in [1.82, 2.24) is 0 Å². The molecule has 0 spiro atoms. The second-order valence-corrected chi connectivity index (χ2v) is 19.2. The molecule has 0 aliphatic carbocycles. The highest BCUT2D eigenvalue weighted by Gasteiger charge is 2.19. The molecule has 0 rings (SSSR count). The van der Waals surface area contributed by atoms with Gasteiger partial charge in [0.1, 0.15) is 13.2 Å². The molecule has 6 nitrogen and oxygen atoms in total. The van der Waals surface area contributed by atoms with Crippen molar-refractivity contribution in [2.45, 2.75) is 284 Å². The van der Waals surface area contributed by atoms with Crippen molar-refractivity contribution in [2.75, 3.05) is 13.2 Å². The first-order chi connectivity index (χ1) is 34.0. The molecule has 0 heterocycles. The van der Waals surface area contributed by atoms with Gasteiger partial charge < -0.3 is 14.2 Å². The van der Waals surface area contributed by atoms with E-state index in [9.17, 15) is 14.4 Å². The molecule has 0 saturated heterocycles. The van der Waals surface area contributed by atoms with Crippen LogP contribution in [-0.2, 0) is 28.6 Å². The Balaban J connectivity index is 4.38. The first-order valence-electron chi connectivity index (χ1n) is 29.1. The molecule has 6 heteroatoms. The minimum absolute atomic E-state index is 0.0904. The van der Waals surface area contributed by atoms with Gasteiger partial charge in [0.15, 0.2) is 6.10 Å². The van der Waals surface area contributed by atoms with E-state index in [1.54, 1.807) is 0 Å². The Labute approximate surface area is 426 Å². The number of carbonyl (C=O) groups is 3. The van der Waals surface area contributed by atoms with Gasteiger partial charge in [-0.3, -0.25) is 14.4 Å². The summed E-state index contributed by atoms with van der Waals surface area (Å²) in [6, 6.07) is 0. The zero-order valence-electron chi connectivity index (χ0n) is 45.3. The van der Waals surface area contributed by atoms with Crippen molar-refractivity contribution in [3.8, 4) is 0 Å². The lowest BCUT2D eigenvalue weighted by atomic mass is 10.0. The molecule has 0 aromatic rings. The zero-order chi connectivity index (χ0) is 50.0. The number of esters is 3. The van der Waals surface area contributed by atoms with Gasteiger partial charge in [-0.15, -0.1) is 0 Å². The van der Waals surface area contributed by atoms with Crippen LogP contribution >= 0.6 is 0 Å². The fraction of sp³-hybridized carbons (Fsp3) is 0.730. The van der Waals surface area contributed by atoms with Crippen LogP contribution in [0, 0.1) is 0 Å². The van der Waals surface area contributed by atoms with Crippen LogP contribution in [-0.4, -0.2) is 37.2 Å². The largest absolute Gasteiger partial charge is 0.462 e. The van der Waals surface area contributed by atoms with E-state index in [1.165, 1.54) is 148 Å². The fourth-order valence-corrected chi connectivity index (χ4v) is 8.17. The molecule has 0 N–H and O–H groups in total. The quantitative estimate of drug-likeness (QED) is 0.0199. The lowest BCUT2D eigenvalue weighted by molar-refractivity contribution is -0.167. The zero-order valence-corrected chi connectivity index (χ0v) is 45.3. The van der Waals surface area contributed by atoms with E-state index in [2.05, 4.69) is 75.5 Å². The van der Waals surface area contributed by atoms with E-state index < -0.39 is 6.10 Å². The number of hydrogen-bond acceptors (Lipinski definition) is 6. The van der Waals surface area contributed by atoms with Crippen LogP contribution in [0.1, 0.15) is 278 Å². The summed E-state index contributed by atoms with van der Waals surface area (Å²) >= 11 is 0. The number of carbonyl (C=O) groups excluding carboxylic acids is 3. The van der Waals surface area contributed by atoms with Crippen LogP contribution in [0.5, 0.6) is 0 Å². The Morgan fingerprint density at radius 1 is 0.319 bits per heavy atom. The Morgan fingerprint density at radius 3 is 1.07 bits per heavy atom. The highest BCUT2D eigenvalue weighted by atomic mass is 16.6. The van der Waals surface area contributed by atoms with E-state index in [0.29, 0.717) is 19.3 Å². The van der Waals surface area contributed by atoms with Gasteiger partial charge in [0, 0.05) is 19.3 Å². The molecule has 0 bridgehead atoms. The summed E-state index contributed by atoms with van der Waals surface area (Å²) in [7, 11) is 0. The highest BCUT2D eigenvalue weighted by molar-refractivity contribution is 5.71. The summed E-state index contributed by atoms with van der Waals surface area (Å²) in [5.41, 5.74) is 0. The minimum Gasteiger partial charge on any atom is -0.462 e. The van der Waals surface area contributed by atoms with Gasteiger partial charge in [-0.25, -0.2) is 0 Å². The SMILES string of the molecule is CC/C=C/C=C/C=C/C=C/CCCCCC(=O)OCC(COC(=O)CCCCCCCCCCC/C=C/C/C=C/C/C=C/CC)OC(=O)CCCCCCCCCCCCCCCCCCCCC. The monoisotopic (exact) mass is 961 g/mol. The maximum absolute atomic E-state index is 12.9. The molecule has 0 amide bonds. The Bertz CT molecular complexity index is 1330. The number of rotatable bonds is 52.